The zero-order chi connectivity index (χ0) is 18.7. The van der Waals surface area contributed by atoms with Crippen molar-refractivity contribution in [3.63, 3.8) is 0 Å². The van der Waals surface area contributed by atoms with E-state index in [0.717, 1.165) is 32.7 Å². The van der Waals surface area contributed by atoms with Crippen molar-refractivity contribution >= 4 is 44.1 Å². The van der Waals surface area contributed by atoms with E-state index >= 15 is 0 Å². The van der Waals surface area contributed by atoms with Crippen molar-refractivity contribution in [2.75, 3.05) is 0 Å². The lowest BCUT2D eigenvalue weighted by atomic mass is 10.1. The predicted octanol–water partition coefficient (Wildman–Crippen LogP) is 3.44. The molecule has 3 aromatic heterocycles. The highest BCUT2D eigenvalue weighted by Crippen LogP contribution is 2.34. The van der Waals surface area contributed by atoms with Gasteiger partial charge in [-0.15, -0.1) is 0 Å². The third kappa shape index (κ3) is 2.10. The highest BCUT2D eigenvalue weighted by Gasteiger charge is 2.19. The highest BCUT2D eigenvalue weighted by atomic mass is 16.5. The molecule has 27 heavy (non-hydrogen) atoms. The molecule has 0 aliphatic carbocycles. The molecule has 6 nitrogen and oxygen atoms in total. The van der Waals surface area contributed by atoms with E-state index in [1.165, 1.54) is 6.92 Å². The fourth-order valence-corrected chi connectivity index (χ4v) is 3.68. The summed E-state index contributed by atoms with van der Waals surface area (Å²) in [4.78, 5) is 28.7. The van der Waals surface area contributed by atoms with Gasteiger partial charge in [-0.05, 0) is 37.3 Å². The molecule has 1 atom stereocenters. The van der Waals surface area contributed by atoms with Gasteiger partial charge in [0, 0.05) is 27.7 Å². The summed E-state index contributed by atoms with van der Waals surface area (Å²) < 4.78 is 7.18. The molecule has 1 unspecified atom stereocenters. The average Bonchev–Trinajstić information content (AvgIpc) is 3.01. The zero-order valence-corrected chi connectivity index (χ0v) is 14.3. The van der Waals surface area contributed by atoms with Gasteiger partial charge >= 0.3 is 5.97 Å². The van der Waals surface area contributed by atoms with E-state index in [9.17, 15) is 9.59 Å². The quantitative estimate of drug-likeness (QED) is 0.500. The van der Waals surface area contributed by atoms with Gasteiger partial charge in [-0.1, -0.05) is 18.2 Å². The summed E-state index contributed by atoms with van der Waals surface area (Å²) in [6, 6.07) is 14.6. The number of pyridine rings is 2. The van der Waals surface area contributed by atoms with E-state index in [1.807, 2.05) is 24.3 Å². The smallest absolute Gasteiger partial charge is 0.344 e. The van der Waals surface area contributed by atoms with E-state index in [-0.39, 0.29) is 5.56 Å². The highest BCUT2D eigenvalue weighted by molar-refractivity contribution is 6.18. The molecule has 0 amide bonds. The molecule has 0 bridgehead atoms. The Labute approximate surface area is 152 Å². The van der Waals surface area contributed by atoms with Crippen molar-refractivity contribution in [1.82, 2.24) is 9.38 Å². The molecule has 0 spiro atoms. The van der Waals surface area contributed by atoms with Crippen LogP contribution < -0.4 is 10.3 Å². The lowest BCUT2D eigenvalue weighted by molar-refractivity contribution is -0.144. The Morgan fingerprint density at radius 1 is 1.07 bits per heavy atom. The van der Waals surface area contributed by atoms with Gasteiger partial charge in [-0.25, -0.2) is 4.79 Å². The van der Waals surface area contributed by atoms with Gasteiger partial charge in [0.1, 0.15) is 5.75 Å². The largest absolute Gasteiger partial charge is 0.479 e. The number of nitrogens with zero attached hydrogens (tertiary/aromatic N) is 2. The molecule has 0 radical (unpaired) electrons. The molecular weight excluding hydrogens is 344 g/mol. The normalized spacial score (nSPS) is 12.9. The molecule has 5 aromatic rings. The average molecular weight is 358 g/mol. The Morgan fingerprint density at radius 3 is 2.63 bits per heavy atom. The Bertz CT molecular complexity index is 1420. The van der Waals surface area contributed by atoms with Crippen LogP contribution in [0.25, 0.3) is 38.1 Å². The van der Waals surface area contributed by atoms with E-state index < -0.39 is 12.1 Å². The second-order valence-corrected chi connectivity index (χ2v) is 6.52. The summed E-state index contributed by atoms with van der Waals surface area (Å²) in [5.74, 6) is -0.591. The van der Waals surface area contributed by atoms with Gasteiger partial charge in [-0.3, -0.25) is 14.2 Å². The third-order valence-corrected chi connectivity index (χ3v) is 4.92. The van der Waals surface area contributed by atoms with Gasteiger partial charge in [0.2, 0.25) is 0 Å². The number of benzene rings is 2. The second-order valence-electron chi connectivity index (χ2n) is 6.52. The van der Waals surface area contributed by atoms with Crippen molar-refractivity contribution in [3.8, 4) is 5.75 Å². The minimum absolute atomic E-state index is 0.0985. The van der Waals surface area contributed by atoms with Crippen LogP contribution in [0, 0.1) is 0 Å². The van der Waals surface area contributed by atoms with Crippen LogP contribution in [0.1, 0.15) is 6.92 Å². The van der Waals surface area contributed by atoms with E-state index in [2.05, 4.69) is 4.98 Å². The number of carbonyl (C=O) groups is 1. The van der Waals surface area contributed by atoms with E-state index in [1.54, 1.807) is 34.9 Å². The molecule has 0 aliphatic rings. The number of aliphatic carboxylic acids is 1. The van der Waals surface area contributed by atoms with Crippen LogP contribution in [-0.2, 0) is 4.79 Å². The number of hydrogen-bond donors (Lipinski definition) is 1. The molecule has 3 heterocycles. The van der Waals surface area contributed by atoms with E-state index in [4.69, 9.17) is 9.84 Å². The first-order chi connectivity index (χ1) is 13.1. The Kier molecular flexibility index (Phi) is 3.12. The number of rotatable bonds is 3. The lowest BCUT2D eigenvalue weighted by Gasteiger charge is -2.10. The maximum atomic E-state index is 13.1. The Hall–Kier alpha value is -3.67. The number of hydrogen-bond acceptors (Lipinski definition) is 4. The van der Waals surface area contributed by atoms with Gasteiger partial charge < -0.3 is 9.84 Å². The topological polar surface area (TPSA) is 80.9 Å². The maximum Gasteiger partial charge on any atom is 0.344 e. The predicted molar refractivity (Wildman–Crippen MR) is 103 cm³/mol. The van der Waals surface area contributed by atoms with Crippen molar-refractivity contribution in [1.29, 1.82) is 0 Å². The first-order valence-electron chi connectivity index (χ1n) is 8.53. The minimum Gasteiger partial charge on any atom is -0.479 e. The van der Waals surface area contributed by atoms with Crippen molar-refractivity contribution < 1.29 is 14.6 Å². The molecule has 0 saturated heterocycles. The molecule has 0 aliphatic heterocycles. The number of carboxylic acids is 1. The minimum atomic E-state index is -1.03. The first-order valence-corrected chi connectivity index (χ1v) is 8.53. The van der Waals surface area contributed by atoms with Gasteiger partial charge in [0.15, 0.2) is 6.10 Å². The standard InChI is InChI=1S/C21H14N2O4/c1-11(21(25)26)27-12-6-7-17-16(10-12)14-8-9-22-18-13-4-2-3-5-15(13)20(24)23(17)19(14)18/h2-11H,1H3,(H,25,26). The van der Waals surface area contributed by atoms with Crippen LogP contribution >= 0.6 is 0 Å². The van der Waals surface area contributed by atoms with Crippen LogP contribution in [0.15, 0.2) is 59.5 Å². The van der Waals surface area contributed by atoms with Crippen molar-refractivity contribution in [3.05, 3.63) is 65.1 Å². The molecule has 1 N–H and O–H groups in total. The molecule has 0 fully saturated rings. The molecule has 2 aromatic carbocycles. The SMILES string of the molecule is CC(Oc1ccc2c(c1)c1ccnc3c4ccccc4c(=O)n2c13)C(=O)O. The zero-order valence-electron chi connectivity index (χ0n) is 14.3. The van der Waals surface area contributed by atoms with Crippen LogP contribution in [0.5, 0.6) is 5.75 Å². The van der Waals surface area contributed by atoms with E-state index in [0.29, 0.717) is 11.1 Å². The molecule has 0 saturated carbocycles. The van der Waals surface area contributed by atoms with Gasteiger partial charge in [-0.2, -0.15) is 0 Å². The van der Waals surface area contributed by atoms with Crippen LogP contribution in [0.3, 0.4) is 0 Å². The molecule has 132 valence electrons. The third-order valence-electron chi connectivity index (χ3n) is 4.92. The summed E-state index contributed by atoms with van der Waals surface area (Å²) in [5.41, 5.74) is 2.17. The Balaban J connectivity index is 1.92. The van der Waals surface area contributed by atoms with Gasteiger partial charge in [0.05, 0.1) is 16.6 Å². The summed E-state index contributed by atoms with van der Waals surface area (Å²) in [5, 5.41) is 12.2. The summed E-state index contributed by atoms with van der Waals surface area (Å²) in [6.45, 7) is 1.48. The number of fused-ring (bicyclic) bond motifs is 5. The number of aromatic nitrogens is 2. The molecular formula is C21H14N2O4. The molecule has 5 rings (SSSR count). The van der Waals surface area contributed by atoms with Crippen LogP contribution in [0.2, 0.25) is 0 Å². The Morgan fingerprint density at radius 2 is 1.85 bits per heavy atom. The first kappa shape index (κ1) is 15.6. The van der Waals surface area contributed by atoms with Crippen LogP contribution in [-0.4, -0.2) is 26.6 Å². The summed E-state index contributed by atoms with van der Waals surface area (Å²) in [6.07, 6.45) is 0.760. The van der Waals surface area contributed by atoms with Crippen molar-refractivity contribution in [2.24, 2.45) is 0 Å². The maximum absolute atomic E-state index is 13.1. The van der Waals surface area contributed by atoms with Crippen molar-refractivity contribution in [2.45, 2.75) is 13.0 Å². The van der Waals surface area contributed by atoms with Gasteiger partial charge in [0.25, 0.3) is 5.56 Å². The summed E-state index contributed by atoms with van der Waals surface area (Å²) in [7, 11) is 0. The number of carboxylic acid groups (broad SMARTS) is 1. The fourth-order valence-electron chi connectivity index (χ4n) is 3.68. The second kappa shape index (κ2) is 5.41. The fraction of sp³-hybridized carbons (Fsp3) is 0.0952. The summed E-state index contributed by atoms with van der Waals surface area (Å²) >= 11 is 0. The molecule has 6 heteroatoms. The lowest BCUT2D eigenvalue weighted by Crippen LogP contribution is -2.22. The monoisotopic (exact) mass is 358 g/mol. The number of ether oxygens (including phenoxy) is 1. The van der Waals surface area contributed by atoms with Crippen LogP contribution in [0.4, 0.5) is 0 Å².